The molecule has 0 fully saturated rings. The molecular formula is C19H26N6O. The van der Waals surface area contributed by atoms with Crippen LogP contribution >= 0.6 is 0 Å². The summed E-state index contributed by atoms with van der Waals surface area (Å²) in [5, 5.41) is 16.1. The summed E-state index contributed by atoms with van der Waals surface area (Å²) in [6.45, 7) is 6.72. The number of H-pyrrole nitrogens is 1. The van der Waals surface area contributed by atoms with Gasteiger partial charge in [0, 0.05) is 24.3 Å². The van der Waals surface area contributed by atoms with Gasteiger partial charge in [0.15, 0.2) is 0 Å². The highest BCUT2D eigenvalue weighted by Crippen LogP contribution is 2.24. The molecule has 0 aliphatic rings. The molecule has 2 rings (SSSR count). The number of amidine groups is 1. The van der Waals surface area contributed by atoms with E-state index >= 15 is 0 Å². The predicted octanol–water partition coefficient (Wildman–Crippen LogP) is 2.48. The van der Waals surface area contributed by atoms with Crippen molar-refractivity contribution in [2.75, 3.05) is 19.1 Å². The number of anilines is 1. The number of hydrogen-bond donors (Lipinski definition) is 4. The summed E-state index contributed by atoms with van der Waals surface area (Å²) in [6.07, 6.45) is 1.66. The molecule has 1 heterocycles. The summed E-state index contributed by atoms with van der Waals surface area (Å²) < 4.78 is 5.45. The lowest BCUT2D eigenvalue weighted by Crippen LogP contribution is -2.32. The molecule has 0 saturated heterocycles. The molecule has 0 atom stereocenters. The number of aromatic amines is 1. The number of benzene rings is 1. The van der Waals surface area contributed by atoms with Crippen LogP contribution in [0.1, 0.15) is 36.1 Å². The molecule has 0 spiro atoms. The van der Waals surface area contributed by atoms with E-state index in [1.807, 2.05) is 39.0 Å². The van der Waals surface area contributed by atoms with Gasteiger partial charge >= 0.3 is 0 Å². The normalized spacial score (nSPS) is 11.3. The van der Waals surface area contributed by atoms with Crippen molar-refractivity contribution in [1.82, 2.24) is 10.3 Å². The smallest absolute Gasteiger partial charge is 0.134 e. The topological polar surface area (TPSA) is 111 Å². The van der Waals surface area contributed by atoms with Gasteiger partial charge in [0.2, 0.25) is 0 Å². The standard InChI is InChI=1S/C19H26N6O/c1-12(2)25-19(24-11-21)17-15(8-20)10-23-18(17)22-9-14-6-5-13(3)7-16(14)26-4/h5-7,10,12,22-23H,9,11,21H2,1-4H3,(H,24,25). The molecule has 138 valence electrons. The van der Waals surface area contributed by atoms with Crippen LogP contribution in [-0.4, -0.2) is 30.6 Å². The highest BCUT2D eigenvalue weighted by molar-refractivity contribution is 6.05. The van der Waals surface area contributed by atoms with Crippen LogP contribution < -0.4 is 21.1 Å². The maximum atomic E-state index is 9.45. The summed E-state index contributed by atoms with van der Waals surface area (Å²) in [5.41, 5.74) is 8.96. The van der Waals surface area contributed by atoms with Crippen molar-refractivity contribution in [1.29, 1.82) is 5.26 Å². The fourth-order valence-corrected chi connectivity index (χ4v) is 2.64. The molecule has 26 heavy (non-hydrogen) atoms. The second kappa shape index (κ2) is 8.92. The molecule has 7 heteroatoms. The summed E-state index contributed by atoms with van der Waals surface area (Å²) in [5.74, 6) is 2.13. The van der Waals surface area contributed by atoms with E-state index in [0.717, 1.165) is 16.9 Å². The van der Waals surface area contributed by atoms with Crippen molar-refractivity contribution in [3.8, 4) is 11.8 Å². The molecule has 0 amide bonds. The average molecular weight is 354 g/mol. The van der Waals surface area contributed by atoms with E-state index in [0.29, 0.717) is 29.3 Å². The number of methoxy groups -OCH3 is 1. The number of hydrogen-bond acceptors (Lipinski definition) is 5. The number of nitrogens with one attached hydrogen (secondary N) is 3. The van der Waals surface area contributed by atoms with Crippen LogP contribution in [-0.2, 0) is 6.54 Å². The summed E-state index contributed by atoms with van der Waals surface area (Å²) in [7, 11) is 1.66. The molecule has 1 aromatic heterocycles. The zero-order valence-electron chi connectivity index (χ0n) is 15.7. The number of nitrogens with zero attached hydrogens (tertiary/aromatic N) is 2. The fraction of sp³-hybridized carbons (Fsp3) is 0.368. The predicted molar refractivity (Wildman–Crippen MR) is 104 cm³/mol. The Morgan fingerprint density at radius 3 is 2.81 bits per heavy atom. The Kier molecular flexibility index (Phi) is 6.64. The van der Waals surface area contributed by atoms with Crippen LogP contribution in [0.15, 0.2) is 29.4 Å². The first-order chi connectivity index (χ1) is 12.5. The van der Waals surface area contributed by atoms with E-state index in [1.165, 1.54) is 0 Å². The van der Waals surface area contributed by atoms with Crippen LogP contribution in [0.4, 0.5) is 5.82 Å². The van der Waals surface area contributed by atoms with E-state index < -0.39 is 0 Å². The van der Waals surface area contributed by atoms with E-state index in [2.05, 4.69) is 26.7 Å². The molecule has 0 radical (unpaired) electrons. The quantitative estimate of drug-likeness (QED) is 0.451. The Labute approximate surface area is 154 Å². The van der Waals surface area contributed by atoms with Gasteiger partial charge in [-0.1, -0.05) is 12.1 Å². The number of nitriles is 1. The molecule has 7 nitrogen and oxygen atoms in total. The number of aliphatic imine (C=N–C) groups is 1. The minimum absolute atomic E-state index is 0.135. The van der Waals surface area contributed by atoms with Crippen molar-refractivity contribution in [3.05, 3.63) is 46.6 Å². The van der Waals surface area contributed by atoms with Gasteiger partial charge < -0.3 is 26.1 Å². The van der Waals surface area contributed by atoms with E-state index in [4.69, 9.17) is 10.5 Å². The van der Waals surface area contributed by atoms with Crippen LogP contribution in [0, 0.1) is 18.3 Å². The van der Waals surface area contributed by atoms with Crippen molar-refractivity contribution in [2.24, 2.45) is 10.7 Å². The Hall–Kier alpha value is -2.98. The highest BCUT2D eigenvalue weighted by atomic mass is 16.5. The largest absolute Gasteiger partial charge is 0.496 e. The Morgan fingerprint density at radius 2 is 2.19 bits per heavy atom. The average Bonchev–Trinajstić information content (AvgIpc) is 3.02. The Bertz CT molecular complexity index is 816. The number of ether oxygens (including phenoxy) is 1. The van der Waals surface area contributed by atoms with Gasteiger partial charge in [-0.25, -0.2) is 0 Å². The molecule has 5 N–H and O–H groups in total. The lowest BCUT2D eigenvalue weighted by Gasteiger charge is -2.16. The molecule has 0 bridgehead atoms. The van der Waals surface area contributed by atoms with Crippen LogP contribution in [0.3, 0.4) is 0 Å². The number of rotatable bonds is 7. The lowest BCUT2D eigenvalue weighted by molar-refractivity contribution is 0.410. The van der Waals surface area contributed by atoms with Crippen molar-refractivity contribution in [2.45, 2.75) is 33.4 Å². The Balaban J connectivity index is 2.32. The van der Waals surface area contributed by atoms with Crippen molar-refractivity contribution < 1.29 is 4.74 Å². The third kappa shape index (κ3) is 4.55. The van der Waals surface area contributed by atoms with Crippen LogP contribution in [0.5, 0.6) is 5.75 Å². The van der Waals surface area contributed by atoms with Gasteiger partial charge in [-0.2, -0.15) is 5.26 Å². The molecule has 0 aliphatic carbocycles. The summed E-state index contributed by atoms with van der Waals surface area (Å²) in [6, 6.07) is 8.42. The molecule has 2 aromatic rings. The van der Waals surface area contributed by atoms with Gasteiger partial charge in [-0.3, -0.25) is 4.99 Å². The summed E-state index contributed by atoms with van der Waals surface area (Å²) >= 11 is 0. The van der Waals surface area contributed by atoms with Crippen molar-refractivity contribution >= 4 is 11.7 Å². The monoisotopic (exact) mass is 354 g/mol. The zero-order valence-corrected chi connectivity index (χ0v) is 15.7. The molecular weight excluding hydrogens is 328 g/mol. The first kappa shape index (κ1) is 19.3. The lowest BCUT2D eigenvalue weighted by atomic mass is 10.1. The maximum absolute atomic E-state index is 9.45. The van der Waals surface area contributed by atoms with E-state index in [9.17, 15) is 5.26 Å². The van der Waals surface area contributed by atoms with E-state index in [-0.39, 0.29) is 12.7 Å². The van der Waals surface area contributed by atoms with E-state index in [1.54, 1.807) is 13.3 Å². The Morgan fingerprint density at radius 1 is 1.42 bits per heavy atom. The third-order valence-corrected chi connectivity index (χ3v) is 3.81. The SMILES string of the molecule is COc1cc(C)ccc1CNc1[nH]cc(C#N)c1/C(=N\CN)NC(C)C. The van der Waals surface area contributed by atoms with Gasteiger partial charge in [0.25, 0.3) is 0 Å². The maximum Gasteiger partial charge on any atom is 0.134 e. The van der Waals surface area contributed by atoms with Crippen molar-refractivity contribution in [3.63, 3.8) is 0 Å². The molecule has 0 saturated carbocycles. The number of aromatic nitrogens is 1. The second-order valence-corrected chi connectivity index (χ2v) is 6.22. The van der Waals surface area contributed by atoms with Gasteiger partial charge in [-0.15, -0.1) is 0 Å². The minimum Gasteiger partial charge on any atom is -0.496 e. The second-order valence-electron chi connectivity index (χ2n) is 6.22. The first-order valence-corrected chi connectivity index (χ1v) is 8.50. The fourth-order valence-electron chi connectivity index (χ4n) is 2.64. The van der Waals surface area contributed by atoms with Crippen LogP contribution in [0.25, 0.3) is 0 Å². The van der Waals surface area contributed by atoms with Gasteiger partial charge in [0.1, 0.15) is 23.5 Å². The first-order valence-electron chi connectivity index (χ1n) is 8.50. The van der Waals surface area contributed by atoms with Gasteiger partial charge in [0.05, 0.1) is 24.9 Å². The minimum atomic E-state index is 0.135. The van der Waals surface area contributed by atoms with Gasteiger partial charge in [-0.05, 0) is 32.4 Å². The summed E-state index contributed by atoms with van der Waals surface area (Å²) in [4.78, 5) is 7.44. The zero-order chi connectivity index (χ0) is 19.1. The number of nitrogens with two attached hydrogens (primary N) is 1. The molecule has 0 unspecified atom stereocenters. The molecule has 0 aliphatic heterocycles. The third-order valence-electron chi connectivity index (χ3n) is 3.81. The highest BCUT2D eigenvalue weighted by Gasteiger charge is 2.18. The molecule has 1 aromatic carbocycles. The number of aryl methyl sites for hydroxylation is 1. The van der Waals surface area contributed by atoms with Crippen LogP contribution in [0.2, 0.25) is 0 Å².